The molecule has 0 radical (unpaired) electrons. The Morgan fingerprint density at radius 3 is 2.46 bits per heavy atom. The quantitative estimate of drug-likeness (QED) is 0.326. The second-order valence-electron chi connectivity index (χ2n) is 12.5. The lowest BCUT2D eigenvalue weighted by Gasteiger charge is -2.55. The Labute approximate surface area is 227 Å². The molecule has 3 aromatic rings. The van der Waals surface area contributed by atoms with Crippen LogP contribution >= 0.6 is 11.3 Å². The molecule has 1 unspecified atom stereocenters. The average Bonchev–Trinajstić information content (AvgIpc) is 3.31. The molecule has 2 aromatic carbocycles. The largest absolute Gasteiger partial charge is 0.341 e. The molecule has 6 rings (SSSR count). The number of fused-ring (bicyclic) bond motifs is 6. The van der Waals surface area contributed by atoms with E-state index in [0.29, 0.717) is 5.92 Å². The standard InChI is InChI=1S/C33H44N2OS/c1-6-10-22(11-7-2)23-14-16-25(17-15-23)31-34-28-20-27-29(21-30(28)37-31)35-19-18-24-12-8-9-13-26(24)33(35,5)36-32(27,3)4/h8-9,12-13,20-23,25H,6-7,10-11,14-19H2,1-5H3. The lowest BCUT2D eigenvalue weighted by Crippen LogP contribution is -2.57. The lowest BCUT2D eigenvalue weighted by atomic mass is 9.73. The predicted octanol–water partition coefficient (Wildman–Crippen LogP) is 9.29. The van der Waals surface area contributed by atoms with Crippen molar-refractivity contribution < 1.29 is 4.74 Å². The van der Waals surface area contributed by atoms with Crippen LogP contribution < -0.4 is 4.90 Å². The van der Waals surface area contributed by atoms with Crippen LogP contribution in [0.3, 0.4) is 0 Å². The van der Waals surface area contributed by atoms with Crippen LogP contribution in [0.25, 0.3) is 10.2 Å². The smallest absolute Gasteiger partial charge is 0.165 e. The molecular formula is C33H44N2OS. The van der Waals surface area contributed by atoms with Gasteiger partial charge in [0.1, 0.15) is 0 Å². The van der Waals surface area contributed by atoms with Crippen molar-refractivity contribution >= 4 is 27.2 Å². The van der Waals surface area contributed by atoms with E-state index in [1.54, 1.807) is 0 Å². The van der Waals surface area contributed by atoms with Gasteiger partial charge in [0.15, 0.2) is 5.72 Å². The first-order chi connectivity index (χ1) is 17.8. The molecule has 0 saturated heterocycles. The first-order valence-corrected chi connectivity index (χ1v) is 15.7. The molecule has 0 amide bonds. The first-order valence-electron chi connectivity index (χ1n) is 14.8. The Kier molecular flexibility index (Phi) is 6.64. The molecule has 3 heterocycles. The third kappa shape index (κ3) is 4.33. The molecular weight excluding hydrogens is 472 g/mol. The van der Waals surface area contributed by atoms with Crippen LogP contribution in [0.4, 0.5) is 5.69 Å². The fraction of sp³-hybridized carbons (Fsp3) is 0.606. The summed E-state index contributed by atoms with van der Waals surface area (Å²) in [4.78, 5) is 7.77. The fourth-order valence-corrected chi connectivity index (χ4v) is 9.00. The van der Waals surface area contributed by atoms with E-state index >= 15 is 0 Å². The molecule has 1 saturated carbocycles. The summed E-state index contributed by atoms with van der Waals surface area (Å²) in [7, 11) is 0. The third-order valence-corrected chi connectivity index (χ3v) is 10.8. The Hall–Kier alpha value is -1.91. The molecule has 37 heavy (non-hydrogen) atoms. The summed E-state index contributed by atoms with van der Waals surface area (Å²) in [5, 5.41) is 1.36. The summed E-state index contributed by atoms with van der Waals surface area (Å²) in [6.45, 7) is 12.4. The summed E-state index contributed by atoms with van der Waals surface area (Å²) < 4.78 is 8.30. The van der Waals surface area contributed by atoms with E-state index in [9.17, 15) is 0 Å². The molecule has 198 valence electrons. The number of anilines is 1. The van der Waals surface area contributed by atoms with Crippen molar-refractivity contribution in [1.29, 1.82) is 0 Å². The number of hydrogen-bond acceptors (Lipinski definition) is 4. The predicted molar refractivity (Wildman–Crippen MR) is 157 cm³/mol. The van der Waals surface area contributed by atoms with E-state index in [2.05, 4.69) is 75.9 Å². The van der Waals surface area contributed by atoms with E-state index < -0.39 is 5.72 Å². The number of thiazole rings is 1. The molecule has 3 nitrogen and oxygen atoms in total. The van der Waals surface area contributed by atoms with Gasteiger partial charge in [-0.05, 0) is 82.4 Å². The molecule has 1 atom stereocenters. The van der Waals surface area contributed by atoms with Crippen molar-refractivity contribution in [2.45, 2.75) is 110 Å². The van der Waals surface area contributed by atoms with Crippen molar-refractivity contribution in [3.63, 3.8) is 0 Å². The molecule has 0 spiro atoms. The van der Waals surface area contributed by atoms with Gasteiger partial charge in [-0.25, -0.2) is 4.98 Å². The SMILES string of the molecule is CCCC(CCC)C1CCC(c2nc3cc4c(cc3s2)N2CCc3ccccc3C2(C)OC4(C)C)CC1. The van der Waals surface area contributed by atoms with E-state index in [-0.39, 0.29) is 5.60 Å². The summed E-state index contributed by atoms with van der Waals surface area (Å²) >= 11 is 1.95. The normalized spacial score (nSPS) is 26.7. The first kappa shape index (κ1) is 25.4. The van der Waals surface area contributed by atoms with Crippen LogP contribution in [-0.2, 0) is 22.5 Å². The van der Waals surface area contributed by atoms with Crippen molar-refractivity contribution in [3.8, 4) is 0 Å². The molecule has 1 aliphatic carbocycles. The van der Waals surface area contributed by atoms with E-state index in [4.69, 9.17) is 9.72 Å². The van der Waals surface area contributed by atoms with Crippen molar-refractivity contribution in [3.05, 3.63) is 58.1 Å². The van der Waals surface area contributed by atoms with Crippen LogP contribution in [0.1, 0.15) is 114 Å². The van der Waals surface area contributed by atoms with Gasteiger partial charge < -0.3 is 9.64 Å². The van der Waals surface area contributed by atoms with Gasteiger partial charge in [0.2, 0.25) is 0 Å². The van der Waals surface area contributed by atoms with E-state index in [1.807, 2.05) is 11.3 Å². The minimum Gasteiger partial charge on any atom is -0.341 e. The third-order valence-electron chi connectivity index (χ3n) is 9.66. The van der Waals surface area contributed by atoms with Crippen LogP contribution in [0.15, 0.2) is 36.4 Å². The molecule has 0 bridgehead atoms. The number of hydrogen-bond donors (Lipinski definition) is 0. The number of aromatic nitrogens is 1. The van der Waals surface area contributed by atoms with Gasteiger partial charge in [-0.3, -0.25) is 0 Å². The minimum atomic E-state index is -0.446. The summed E-state index contributed by atoms with van der Waals surface area (Å²) in [6.07, 6.45) is 11.9. The van der Waals surface area contributed by atoms with Crippen molar-refractivity contribution in [2.75, 3.05) is 11.4 Å². The fourth-order valence-electron chi connectivity index (χ4n) is 7.85. The van der Waals surface area contributed by atoms with Crippen molar-refractivity contribution in [1.82, 2.24) is 4.98 Å². The maximum atomic E-state index is 6.97. The van der Waals surface area contributed by atoms with Gasteiger partial charge in [-0.2, -0.15) is 0 Å². The second-order valence-corrected chi connectivity index (χ2v) is 13.6. The zero-order chi connectivity index (χ0) is 25.8. The Bertz CT molecular complexity index is 1260. The Morgan fingerprint density at radius 1 is 1.00 bits per heavy atom. The van der Waals surface area contributed by atoms with Gasteiger partial charge in [0.05, 0.1) is 20.8 Å². The van der Waals surface area contributed by atoms with Gasteiger partial charge in [-0.1, -0.05) is 63.8 Å². The van der Waals surface area contributed by atoms with E-state index in [0.717, 1.165) is 30.3 Å². The van der Waals surface area contributed by atoms with Crippen LogP contribution in [0, 0.1) is 11.8 Å². The maximum Gasteiger partial charge on any atom is 0.165 e. The highest BCUT2D eigenvalue weighted by atomic mass is 32.1. The van der Waals surface area contributed by atoms with Crippen molar-refractivity contribution in [2.24, 2.45) is 11.8 Å². The zero-order valence-electron chi connectivity index (χ0n) is 23.5. The van der Waals surface area contributed by atoms with Crippen LogP contribution in [0.2, 0.25) is 0 Å². The lowest BCUT2D eigenvalue weighted by molar-refractivity contribution is -0.155. The second kappa shape index (κ2) is 9.68. The molecule has 4 heteroatoms. The molecule has 0 N–H and O–H groups in total. The van der Waals surface area contributed by atoms with Gasteiger partial charge >= 0.3 is 0 Å². The maximum absolute atomic E-state index is 6.97. The molecule has 1 aromatic heterocycles. The Morgan fingerprint density at radius 2 is 1.73 bits per heavy atom. The molecule has 2 aliphatic heterocycles. The van der Waals surface area contributed by atoms with E-state index in [1.165, 1.54) is 83.5 Å². The topological polar surface area (TPSA) is 25.4 Å². The van der Waals surface area contributed by atoms with Crippen LogP contribution in [0.5, 0.6) is 0 Å². The summed E-state index contributed by atoms with van der Waals surface area (Å²) in [5.41, 5.74) is 5.67. The van der Waals surface area contributed by atoms with Gasteiger partial charge in [0, 0.05) is 29.3 Å². The molecule has 1 fully saturated rings. The highest BCUT2D eigenvalue weighted by Gasteiger charge is 2.49. The van der Waals surface area contributed by atoms with Crippen LogP contribution in [-0.4, -0.2) is 11.5 Å². The average molecular weight is 517 g/mol. The highest BCUT2D eigenvalue weighted by Crippen LogP contribution is 2.53. The van der Waals surface area contributed by atoms with Gasteiger partial charge in [-0.15, -0.1) is 11.3 Å². The molecule has 3 aliphatic rings. The Balaban J connectivity index is 1.30. The monoisotopic (exact) mass is 516 g/mol. The number of nitrogens with zero attached hydrogens (tertiary/aromatic N) is 2. The minimum absolute atomic E-state index is 0.380. The number of ether oxygens (including phenoxy) is 1. The zero-order valence-corrected chi connectivity index (χ0v) is 24.3. The number of benzene rings is 2. The van der Waals surface area contributed by atoms with Gasteiger partial charge in [0.25, 0.3) is 0 Å². The summed E-state index contributed by atoms with van der Waals surface area (Å²) in [6, 6.07) is 13.6. The number of rotatable bonds is 6. The summed E-state index contributed by atoms with van der Waals surface area (Å²) in [5.74, 6) is 2.49. The highest BCUT2D eigenvalue weighted by molar-refractivity contribution is 7.18.